The first kappa shape index (κ1) is 20.0. The first-order valence-electron chi connectivity index (χ1n) is 9.23. The predicted octanol–water partition coefficient (Wildman–Crippen LogP) is 4.15. The fraction of sp³-hybridized carbons (Fsp3) is 0.0435. The van der Waals surface area contributed by atoms with Gasteiger partial charge in [-0.05, 0) is 41.6 Å². The molecule has 0 unspecified atom stereocenters. The summed E-state index contributed by atoms with van der Waals surface area (Å²) in [5.74, 6) is -1.27. The number of rotatable bonds is 5. The molecule has 4 rings (SSSR count). The Bertz CT molecular complexity index is 1060. The highest BCUT2D eigenvalue weighted by Crippen LogP contribution is 2.32. The van der Waals surface area contributed by atoms with Crippen molar-refractivity contribution in [1.82, 2.24) is 15.4 Å². The van der Waals surface area contributed by atoms with Crippen LogP contribution in [0.5, 0.6) is 0 Å². The van der Waals surface area contributed by atoms with E-state index in [1.807, 2.05) is 66.7 Å². The number of hydrogen-bond acceptors (Lipinski definition) is 5. The quantitative estimate of drug-likeness (QED) is 0.486. The summed E-state index contributed by atoms with van der Waals surface area (Å²) in [4.78, 5) is 30.7. The van der Waals surface area contributed by atoms with Gasteiger partial charge in [0, 0.05) is 6.20 Å². The molecule has 2 aromatic carbocycles. The van der Waals surface area contributed by atoms with Crippen molar-refractivity contribution in [2.45, 2.75) is 5.92 Å². The van der Waals surface area contributed by atoms with Gasteiger partial charge in [-0.15, -0.1) is 0 Å². The van der Waals surface area contributed by atoms with Crippen LogP contribution in [-0.2, 0) is 9.59 Å². The number of nitrogens with one attached hydrogen (secondary N) is 1. The van der Waals surface area contributed by atoms with Crippen LogP contribution in [0.1, 0.15) is 22.7 Å². The maximum atomic E-state index is 13.3. The Morgan fingerprint density at radius 1 is 0.967 bits per heavy atom. The Balaban J connectivity index is 1.59. The summed E-state index contributed by atoms with van der Waals surface area (Å²) in [6.45, 7) is 0. The highest BCUT2D eigenvalue weighted by molar-refractivity contribution is 8.26. The molecule has 0 atom stereocenters. The summed E-state index contributed by atoms with van der Waals surface area (Å²) < 4.78 is 0.274. The van der Waals surface area contributed by atoms with E-state index in [0.29, 0.717) is 10.6 Å². The minimum Gasteiger partial charge on any atom is -0.272 e. The third kappa shape index (κ3) is 4.32. The van der Waals surface area contributed by atoms with Crippen molar-refractivity contribution >= 4 is 46.2 Å². The lowest BCUT2D eigenvalue weighted by Gasteiger charge is -2.22. The first-order valence-corrected chi connectivity index (χ1v) is 10.5. The number of hydrogen-bond donors (Lipinski definition) is 1. The minimum atomic E-state index is -0.572. The molecular weight excluding hydrogens is 414 g/mol. The Labute approximate surface area is 183 Å². The van der Waals surface area contributed by atoms with Gasteiger partial charge in [0.15, 0.2) is 4.32 Å². The van der Waals surface area contributed by atoms with Gasteiger partial charge in [0.1, 0.15) is 0 Å². The standard InChI is InChI=1S/C23H17N3O2S2/c27-21(20(16-9-3-1-4-10-16)17-11-5-2-6-12-17)25-26-22(28)19(30-23(26)29)15-18-13-7-8-14-24-18/h1-15,20H,(H,25,27)/b19-15-. The van der Waals surface area contributed by atoms with Gasteiger partial charge in [0.2, 0.25) is 0 Å². The normalized spacial score (nSPS) is 15.1. The zero-order valence-corrected chi connectivity index (χ0v) is 17.4. The second kappa shape index (κ2) is 9.02. The van der Waals surface area contributed by atoms with E-state index in [9.17, 15) is 9.59 Å². The molecule has 1 fully saturated rings. The monoisotopic (exact) mass is 431 g/mol. The molecule has 0 radical (unpaired) electrons. The molecule has 0 aliphatic carbocycles. The average Bonchev–Trinajstić information content (AvgIpc) is 3.03. The molecule has 30 heavy (non-hydrogen) atoms. The summed E-state index contributed by atoms with van der Waals surface area (Å²) in [6.07, 6.45) is 3.32. The number of amides is 2. The molecule has 0 bridgehead atoms. The molecule has 1 aromatic heterocycles. The maximum Gasteiger partial charge on any atom is 0.285 e. The molecule has 2 amide bonds. The van der Waals surface area contributed by atoms with E-state index in [0.717, 1.165) is 27.9 Å². The summed E-state index contributed by atoms with van der Waals surface area (Å²) in [7, 11) is 0. The van der Waals surface area contributed by atoms with Crippen molar-refractivity contribution in [1.29, 1.82) is 0 Å². The Hall–Kier alpha value is -3.29. The number of pyridine rings is 1. The van der Waals surface area contributed by atoms with Crippen LogP contribution in [0.15, 0.2) is 90.0 Å². The average molecular weight is 432 g/mol. The summed E-state index contributed by atoms with van der Waals surface area (Å²) in [5.41, 5.74) is 5.02. The van der Waals surface area contributed by atoms with Crippen LogP contribution in [0.2, 0.25) is 0 Å². The number of thiocarbonyl (C=S) groups is 1. The third-order valence-electron chi connectivity index (χ3n) is 4.51. The van der Waals surface area contributed by atoms with E-state index in [1.54, 1.807) is 24.4 Å². The zero-order chi connectivity index (χ0) is 20.9. The molecule has 5 nitrogen and oxygen atoms in total. The maximum absolute atomic E-state index is 13.3. The van der Waals surface area contributed by atoms with Crippen LogP contribution in [-0.4, -0.2) is 26.1 Å². The van der Waals surface area contributed by atoms with Gasteiger partial charge in [-0.25, -0.2) is 0 Å². The molecule has 0 spiro atoms. The number of carbonyl (C=O) groups is 2. The van der Waals surface area contributed by atoms with Crippen molar-refractivity contribution in [3.63, 3.8) is 0 Å². The van der Waals surface area contributed by atoms with Gasteiger partial charge in [0.25, 0.3) is 11.8 Å². The fourth-order valence-corrected chi connectivity index (χ4v) is 4.28. The summed E-state index contributed by atoms with van der Waals surface area (Å²) in [5, 5.41) is 1.13. The molecule has 1 saturated heterocycles. The summed E-state index contributed by atoms with van der Waals surface area (Å²) >= 11 is 6.48. The van der Waals surface area contributed by atoms with E-state index in [4.69, 9.17) is 12.2 Å². The molecule has 1 N–H and O–H groups in total. The number of benzene rings is 2. The molecule has 7 heteroatoms. The topological polar surface area (TPSA) is 62.3 Å². The number of thioether (sulfide) groups is 1. The van der Waals surface area contributed by atoms with Gasteiger partial charge in [-0.3, -0.25) is 20.0 Å². The fourth-order valence-electron chi connectivity index (χ4n) is 3.12. The number of carbonyl (C=O) groups excluding carboxylic acids is 2. The van der Waals surface area contributed by atoms with Crippen molar-refractivity contribution in [2.24, 2.45) is 0 Å². The van der Waals surface area contributed by atoms with Gasteiger partial charge < -0.3 is 0 Å². The van der Waals surface area contributed by atoms with E-state index in [-0.39, 0.29) is 16.1 Å². The lowest BCUT2D eigenvalue weighted by atomic mass is 9.91. The summed E-state index contributed by atoms with van der Waals surface area (Å²) in [6, 6.07) is 24.3. The van der Waals surface area contributed by atoms with Crippen LogP contribution in [0.25, 0.3) is 6.08 Å². The second-order valence-corrected chi connectivity index (χ2v) is 8.18. The Kier molecular flexibility index (Phi) is 6.02. The van der Waals surface area contributed by atoms with Crippen LogP contribution in [0, 0.1) is 0 Å². The van der Waals surface area contributed by atoms with Crippen LogP contribution in [0.4, 0.5) is 0 Å². The largest absolute Gasteiger partial charge is 0.285 e. The molecule has 2 heterocycles. The minimum absolute atomic E-state index is 0.274. The zero-order valence-electron chi connectivity index (χ0n) is 15.8. The lowest BCUT2D eigenvalue weighted by Crippen LogP contribution is -2.46. The molecular formula is C23H17N3O2S2. The van der Waals surface area contributed by atoms with Gasteiger partial charge in [0.05, 0.1) is 16.5 Å². The van der Waals surface area contributed by atoms with Gasteiger partial charge >= 0.3 is 0 Å². The first-order chi connectivity index (χ1) is 14.6. The molecule has 148 valence electrons. The number of hydrazine groups is 1. The molecule has 1 aliphatic heterocycles. The SMILES string of the molecule is O=C(NN1C(=O)/C(=C/c2ccccn2)SC1=S)C(c1ccccc1)c1ccccc1. The Morgan fingerprint density at radius 3 is 2.13 bits per heavy atom. The van der Waals surface area contributed by atoms with E-state index in [2.05, 4.69) is 10.4 Å². The van der Waals surface area contributed by atoms with E-state index >= 15 is 0 Å². The van der Waals surface area contributed by atoms with Crippen LogP contribution in [0.3, 0.4) is 0 Å². The van der Waals surface area contributed by atoms with Crippen molar-refractivity contribution in [3.8, 4) is 0 Å². The number of aromatic nitrogens is 1. The van der Waals surface area contributed by atoms with Crippen LogP contribution < -0.4 is 5.43 Å². The van der Waals surface area contributed by atoms with Gasteiger partial charge in [-0.2, -0.15) is 5.01 Å². The van der Waals surface area contributed by atoms with Crippen molar-refractivity contribution < 1.29 is 9.59 Å². The second-order valence-electron chi connectivity index (χ2n) is 6.50. The molecule has 0 saturated carbocycles. The number of nitrogens with zero attached hydrogens (tertiary/aromatic N) is 2. The van der Waals surface area contributed by atoms with Crippen molar-refractivity contribution in [3.05, 3.63) is 107 Å². The highest BCUT2D eigenvalue weighted by atomic mass is 32.2. The van der Waals surface area contributed by atoms with Crippen molar-refractivity contribution in [2.75, 3.05) is 0 Å². The van der Waals surface area contributed by atoms with E-state index < -0.39 is 5.92 Å². The van der Waals surface area contributed by atoms with Crippen LogP contribution >= 0.6 is 24.0 Å². The highest BCUT2D eigenvalue weighted by Gasteiger charge is 2.35. The van der Waals surface area contributed by atoms with E-state index in [1.165, 1.54) is 0 Å². The Morgan fingerprint density at radius 2 is 1.57 bits per heavy atom. The lowest BCUT2D eigenvalue weighted by molar-refractivity contribution is -0.133. The van der Waals surface area contributed by atoms with Gasteiger partial charge in [-0.1, -0.05) is 78.5 Å². The molecule has 1 aliphatic rings. The predicted molar refractivity (Wildman–Crippen MR) is 122 cm³/mol. The third-order valence-corrected chi connectivity index (χ3v) is 5.81. The molecule has 3 aromatic rings. The smallest absolute Gasteiger partial charge is 0.272 e.